The van der Waals surface area contributed by atoms with E-state index in [9.17, 15) is 0 Å². The zero-order valence-electron chi connectivity index (χ0n) is 20.4. The van der Waals surface area contributed by atoms with E-state index in [2.05, 4.69) is 58.2 Å². The first kappa shape index (κ1) is 27.1. The summed E-state index contributed by atoms with van der Waals surface area (Å²) in [6.45, 7) is 16.9. The molecule has 3 heterocycles. The van der Waals surface area contributed by atoms with Gasteiger partial charge in [0, 0.05) is 58.1 Å². The van der Waals surface area contributed by atoms with Gasteiger partial charge in [0.15, 0.2) is 5.96 Å². The second-order valence-corrected chi connectivity index (χ2v) is 8.66. The molecule has 2 N–H and O–H groups in total. The highest BCUT2D eigenvalue weighted by atomic mass is 127. The highest BCUT2D eigenvalue weighted by Crippen LogP contribution is 2.18. The third-order valence-corrected chi connectivity index (χ3v) is 6.63. The summed E-state index contributed by atoms with van der Waals surface area (Å²) in [5, 5.41) is 6.90. The van der Waals surface area contributed by atoms with Gasteiger partial charge in [-0.15, -0.1) is 24.0 Å². The van der Waals surface area contributed by atoms with E-state index in [1.54, 1.807) is 0 Å². The second kappa shape index (κ2) is 14.9. The number of guanidine groups is 1. The highest BCUT2D eigenvalue weighted by molar-refractivity contribution is 14.0. The number of likely N-dealkylation sites (N-methyl/N-ethyl adjacent to an activating group) is 1. The minimum absolute atomic E-state index is 0. The molecule has 0 amide bonds. The van der Waals surface area contributed by atoms with Crippen molar-refractivity contribution in [1.82, 2.24) is 25.4 Å². The number of likely N-dealkylation sites (tertiary alicyclic amines) is 1. The lowest BCUT2D eigenvalue weighted by molar-refractivity contribution is 0.147. The fourth-order valence-corrected chi connectivity index (χ4v) is 4.64. The summed E-state index contributed by atoms with van der Waals surface area (Å²) in [6.07, 6.45) is 7.30. The van der Waals surface area contributed by atoms with Crippen LogP contribution in [-0.2, 0) is 6.54 Å². The van der Waals surface area contributed by atoms with Gasteiger partial charge in [0.1, 0.15) is 5.82 Å². The topological polar surface area (TPSA) is 59.0 Å². The summed E-state index contributed by atoms with van der Waals surface area (Å²) >= 11 is 0. The molecule has 7 nitrogen and oxygen atoms in total. The maximum absolute atomic E-state index is 4.78. The summed E-state index contributed by atoms with van der Waals surface area (Å²) in [5.41, 5.74) is 1.15. The highest BCUT2D eigenvalue weighted by Gasteiger charge is 2.20. The molecule has 0 saturated carbocycles. The fraction of sp³-hybridized carbons (Fsp3) is 0.750. The smallest absolute Gasteiger partial charge is 0.191 e. The first-order chi connectivity index (χ1) is 15.2. The Morgan fingerprint density at radius 2 is 1.88 bits per heavy atom. The van der Waals surface area contributed by atoms with Gasteiger partial charge in [-0.1, -0.05) is 26.3 Å². The first-order valence-corrected chi connectivity index (χ1v) is 12.4. The van der Waals surface area contributed by atoms with Crippen LogP contribution in [0.1, 0.15) is 52.0 Å². The molecule has 32 heavy (non-hydrogen) atoms. The van der Waals surface area contributed by atoms with Crippen LogP contribution in [0.25, 0.3) is 0 Å². The van der Waals surface area contributed by atoms with Crippen LogP contribution in [0.2, 0.25) is 0 Å². The fourth-order valence-electron chi connectivity index (χ4n) is 4.64. The number of halogens is 1. The largest absolute Gasteiger partial charge is 0.357 e. The summed E-state index contributed by atoms with van der Waals surface area (Å²) in [5.74, 6) is 1.98. The Kier molecular flexibility index (Phi) is 12.6. The number of rotatable bonds is 9. The number of anilines is 1. The van der Waals surface area contributed by atoms with E-state index in [0.29, 0.717) is 6.54 Å². The standard InChI is InChI=1S/C24H43N7.HI/c1-4-22-9-7-8-13-30(22)14-12-26-24(25-5-2)28-20-21-10-11-23(27-19-21)31-17-15-29(6-3)16-18-31;/h10-11,19,22H,4-9,12-18,20H2,1-3H3,(H2,25,26,28);1H. The minimum Gasteiger partial charge on any atom is -0.357 e. The molecule has 8 heteroatoms. The van der Waals surface area contributed by atoms with E-state index < -0.39 is 0 Å². The molecule has 2 aliphatic rings. The Morgan fingerprint density at radius 3 is 2.53 bits per heavy atom. The third kappa shape index (κ3) is 8.33. The number of piperidine rings is 1. The zero-order valence-corrected chi connectivity index (χ0v) is 22.7. The molecule has 0 spiro atoms. The number of hydrogen-bond donors (Lipinski definition) is 2. The normalized spacial score (nSPS) is 20.7. The average Bonchev–Trinajstić information content (AvgIpc) is 2.83. The van der Waals surface area contributed by atoms with E-state index in [1.165, 1.54) is 32.2 Å². The summed E-state index contributed by atoms with van der Waals surface area (Å²) in [7, 11) is 0. The number of nitrogens with one attached hydrogen (secondary N) is 2. The van der Waals surface area contributed by atoms with Gasteiger partial charge in [0.25, 0.3) is 0 Å². The van der Waals surface area contributed by atoms with Crippen molar-refractivity contribution in [2.45, 2.75) is 59.0 Å². The Bertz CT molecular complexity index is 659. The van der Waals surface area contributed by atoms with Crippen molar-refractivity contribution in [2.75, 3.05) is 63.8 Å². The van der Waals surface area contributed by atoms with Crippen molar-refractivity contribution >= 4 is 35.8 Å². The van der Waals surface area contributed by atoms with E-state index in [0.717, 1.165) is 75.7 Å². The lowest BCUT2D eigenvalue weighted by Crippen LogP contribution is -2.46. The molecule has 0 aromatic carbocycles. The quantitative estimate of drug-likeness (QED) is 0.277. The molecule has 2 aliphatic heterocycles. The van der Waals surface area contributed by atoms with Crippen LogP contribution in [0, 0.1) is 0 Å². The average molecular weight is 558 g/mol. The first-order valence-electron chi connectivity index (χ1n) is 12.4. The number of hydrogen-bond acceptors (Lipinski definition) is 5. The van der Waals surface area contributed by atoms with E-state index in [4.69, 9.17) is 9.98 Å². The van der Waals surface area contributed by atoms with E-state index in [1.807, 2.05) is 6.20 Å². The predicted molar refractivity (Wildman–Crippen MR) is 146 cm³/mol. The molecule has 1 aromatic heterocycles. The number of piperazine rings is 1. The van der Waals surface area contributed by atoms with Crippen LogP contribution in [0.3, 0.4) is 0 Å². The molecular formula is C24H44IN7. The summed E-state index contributed by atoms with van der Waals surface area (Å²) in [6, 6.07) is 5.07. The lowest BCUT2D eigenvalue weighted by atomic mass is 10.0. The van der Waals surface area contributed by atoms with Crippen LogP contribution in [-0.4, -0.2) is 85.7 Å². The van der Waals surface area contributed by atoms with Crippen LogP contribution in [0.15, 0.2) is 23.3 Å². The number of aromatic nitrogens is 1. The molecule has 2 saturated heterocycles. The molecule has 3 rings (SSSR count). The van der Waals surface area contributed by atoms with Gasteiger partial charge >= 0.3 is 0 Å². The molecule has 2 fully saturated rings. The van der Waals surface area contributed by atoms with Crippen molar-refractivity contribution in [1.29, 1.82) is 0 Å². The van der Waals surface area contributed by atoms with Gasteiger partial charge in [-0.2, -0.15) is 0 Å². The molecule has 1 atom stereocenters. The zero-order chi connectivity index (χ0) is 21.9. The second-order valence-electron chi connectivity index (χ2n) is 8.66. The molecule has 0 radical (unpaired) electrons. The van der Waals surface area contributed by atoms with Gasteiger partial charge in [-0.3, -0.25) is 4.90 Å². The number of aliphatic imine (C=N–C) groups is 1. The maximum Gasteiger partial charge on any atom is 0.191 e. The molecule has 1 aromatic rings. The monoisotopic (exact) mass is 557 g/mol. The number of pyridine rings is 1. The van der Waals surface area contributed by atoms with Crippen LogP contribution in [0.5, 0.6) is 0 Å². The van der Waals surface area contributed by atoms with E-state index in [-0.39, 0.29) is 24.0 Å². The molecule has 0 bridgehead atoms. The molecule has 1 unspecified atom stereocenters. The third-order valence-electron chi connectivity index (χ3n) is 6.63. The van der Waals surface area contributed by atoms with Crippen molar-refractivity contribution in [3.8, 4) is 0 Å². The minimum atomic E-state index is 0. The molecular weight excluding hydrogens is 513 g/mol. The van der Waals surface area contributed by atoms with E-state index >= 15 is 0 Å². The number of nitrogens with zero attached hydrogens (tertiary/aromatic N) is 5. The van der Waals surface area contributed by atoms with Crippen molar-refractivity contribution < 1.29 is 0 Å². The predicted octanol–water partition coefficient (Wildman–Crippen LogP) is 3.16. The lowest BCUT2D eigenvalue weighted by Gasteiger charge is -2.35. The van der Waals surface area contributed by atoms with Gasteiger partial charge in [0.2, 0.25) is 0 Å². The van der Waals surface area contributed by atoms with Gasteiger partial charge in [0.05, 0.1) is 6.54 Å². The summed E-state index contributed by atoms with van der Waals surface area (Å²) in [4.78, 5) is 17.0. The van der Waals surface area contributed by atoms with Crippen molar-refractivity contribution in [2.24, 2.45) is 4.99 Å². The Hall–Kier alpha value is -1.13. The van der Waals surface area contributed by atoms with Gasteiger partial charge < -0.3 is 20.4 Å². The molecule has 0 aliphatic carbocycles. The summed E-state index contributed by atoms with van der Waals surface area (Å²) < 4.78 is 0. The SMILES string of the molecule is CCNC(=NCc1ccc(N2CCN(CC)CC2)nc1)NCCN1CCCCC1CC.I. The Labute approximate surface area is 212 Å². The van der Waals surface area contributed by atoms with Crippen LogP contribution >= 0.6 is 24.0 Å². The maximum atomic E-state index is 4.78. The Balaban J connectivity index is 0.00000363. The molecule has 182 valence electrons. The van der Waals surface area contributed by atoms with Crippen molar-refractivity contribution in [3.05, 3.63) is 23.9 Å². The van der Waals surface area contributed by atoms with Crippen molar-refractivity contribution in [3.63, 3.8) is 0 Å². The van der Waals surface area contributed by atoms with Gasteiger partial charge in [-0.25, -0.2) is 9.98 Å². The van der Waals surface area contributed by atoms with Crippen LogP contribution in [0.4, 0.5) is 5.82 Å². The van der Waals surface area contributed by atoms with Gasteiger partial charge in [-0.05, 0) is 50.9 Å². The Morgan fingerprint density at radius 1 is 1.06 bits per heavy atom. The van der Waals surface area contributed by atoms with Crippen LogP contribution < -0.4 is 15.5 Å².